The number of phosphoric acid groups is 1. The second-order valence-corrected chi connectivity index (χ2v) is 29.0. The van der Waals surface area contributed by atoms with Crippen molar-refractivity contribution in [2.75, 3.05) is 26.4 Å². The van der Waals surface area contributed by atoms with Crippen LogP contribution in [0.5, 0.6) is 0 Å². The van der Waals surface area contributed by atoms with E-state index in [0.29, 0.717) is 25.2 Å². The third kappa shape index (κ3) is 37.1. The summed E-state index contributed by atoms with van der Waals surface area (Å²) < 4.78 is 65.0. The zero-order chi connectivity index (χ0) is 71.2. The van der Waals surface area contributed by atoms with E-state index < -0.39 is 156 Å². The molecule has 19 atom stereocenters. The first-order valence-electron chi connectivity index (χ1n) is 37.9. The number of carbonyl (C=O) groups excluding carboxylic acids is 3. The Morgan fingerprint density at radius 2 is 0.784 bits per heavy atom. The molecular weight excluding hydrogens is 1280 g/mol. The highest BCUT2D eigenvalue weighted by molar-refractivity contribution is 7.47. The number of aliphatic hydroxyl groups excluding tert-OH is 10. The standard InChI is InChI=1S/C72H133O24P/c1-5-8-11-14-17-19-21-23-24-26-27-29-35-40-45-56(74)88-49-53(91-58(76)47-42-37-30-28-25-22-20-18-15-12-9-6-2)50-90-97(86,87)96-70-68(94-71-66(84)61(79)59(77)54(48-73)92-71)64(82)63(81)65(83)69(70)95-72-67(85)62(80)60(78)55(93-72)51-89-57(75)46-41-36-32-31-34-39-44-52(4)43-38-33-16-13-10-7-3/h24,26,52-55,59-73,77-85H,5-23,25,27-51H2,1-4H3,(H,86,87)/b26-24-. The summed E-state index contributed by atoms with van der Waals surface area (Å²) >= 11 is 0. The molecule has 3 rings (SSSR count). The molecule has 24 nitrogen and oxygen atoms in total. The van der Waals surface area contributed by atoms with Crippen molar-refractivity contribution in [3.05, 3.63) is 12.2 Å². The van der Waals surface area contributed by atoms with Crippen LogP contribution in [0.2, 0.25) is 0 Å². The van der Waals surface area contributed by atoms with E-state index in [4.69, 9.17) is 42.2 Å². The van der Waals surface area contributed by atoms with Crippen LogP contribution in [0, 0.1) is 5.92 Å². The third-order valence-electron chi connectivity index (χ3n) is 18.9. The van der Waals surface area contributed by atoms with E-state index in [0.717, 1.165) is 96.3 Å². The highest BCUT2D eigenvalue weighted by atomic mass is 31.2. The molecule has 1 aliphatic carbocycles. The Morgan fingerprint density at radius 3 is 1.23 bits per heavy atom. The Morgan fingerprint density at radius 1 is 0.423 bits per heavy atom. The molecule has 2 saturated heterocycles. The van der Waals surface area contributed by atoms with Gasteiger partial charge < -0.3 is 89.1 Å². The van der Waals surface area contributed by atoms with Gasteiger partial charge >= 0.3 is 25.7 Å². The summed E-state index contributed by atoms with van der Waals surface area (Å²) in [7, 11) is -5.70. The van der Waals surface area contributed by atoms with Gasteiger partial charge in [0.05, 0.1) is 13.2 Å². The smallest absolute Gasteiger partial charge is 0.463 e. The van der Waals surface area contributed by atoms with E-state index in [1.54, 1.807) is 0 Å². The van der Waals surface area contributed by atoms with Gasteiger partial charge in [0, 0.05) is 19.3 Å². The predicted molar refractivity (Wildman–Crippen MR) is 365 cm³/mol. The molecule has 570 valence electrons. The van der Waals surface area contributed by atoms with Crippen molar-refractivity contribution in [1.82, 2.24) is 0 Å². The summed E-state index contributed by atoms with van der Waals surface area (Å²) in [4.78, 5) is 51.0. The van der Waals surface area contributed by atoms with Gasteiger partial charge in [-0.05, 0) is 50.9 Å². The number of esters is 3. The van der Waals surface area contributed by atoms with Crippen LogP contribution < -0.4 is 0 Å². The van der Waals surface area contributed by atoms with Gasteiger partial charge in [-0.1, -0.05) is 239 Å². The zero-order valence-corrected chi connectivity index (χ0v) is 60.4. The largest absolute Gasteiger partial charge is 0.472 e. The molecule has 1 saturated carbocycles. The third-order valence-corrected chi connectivity index (χ3v) is 19.9. The maximum atomic E-state index is 14.3. The van der Waals surface area contributed by atoms with Crippen LogP contribution in [-0.4, -0.2) is 204 Å². The Kier molecular flexibility index (Phi) is 49.0. The van der Waals surface area contributed by atoms with Gasteiger partial charge in [0.2, 0.25) is 0 Å². The molecule has 0 bridgehead atoms. The van der Waals surface area contributed by atoms with E-state index in [1.807, 2.05) is 0 Å². The molecule has 0 aromatic carbocycles. The summed E-state index contributed by atoms with van der Waals surface area (Å²) in [6.07, 6.45) is 10.1. The fraction of sp³-hybridized carbons (Fsp3) is 0.931. The van der Waals surface area contributed by atoms with Crippen molar-refractivity contribution >= 4 is 25.7 Å². The van der Waals surface area contributed by atoms with Crippen LogP contribution in [0.3, 0.4) is 0 Å². The van der Waals surface area contributed by atoms with Crippen LogP contribution in [0.15, 0.2) is 12.2 Å². The van der Waals surface area contributed by atoms with E-state index in [-0.39, 0.29) is 19.3 Å². The molecule has 11 N–H and O–H groups in total. The Hall–Kier alpha value is -2.30. The van der Waals surface area contributed by atoms with Crippen LogP contribution in [0.25, 0.3) is 0 Å². The van der Waals surface area contributed by atoms with Crippen molar-refractivity contribution in [3.63, 3.8) is 0 Å². The number of phosphoric ester groups is 1. The number of allylic oxidation sites excluding steroid dienone is 2. The molecule has 25 heteroatoms. The zero-order valence-electron chi connectivity index (χ0n) is 59.5. The molecule has 0 amide bonds. The lowest BCUT2D eigenvalue weighted by Crippen LogP contribution is -2.69. The molecule has 3 aliphatic rings. The highest BCUT2D eigenvalue weighted by Gasteiger charge is 2.58. The molecule has 2 heterocycles. The first kappa shape index (κ1) is 88.9. The van der Waals surface area contributed by atoms with Gasteiger partial charge in [0.25, 0.3) is 0 Å². The van der Waals surface area contributed by atoms with Crippen LogP contribution >= 0.6 is 7.82 Å². The fourth-order valence-electron chi connectivity index (χ4n) is 12.6. The average Bonchev–Trinajstić information content (AvgIpc) is 0.763. The lowest BCUT2D eigenvalue weighted by atomic mass is 9.84. The Bertz CT molecular complexity index is 2080. The van der Waals surface area contributed by atoms with Gasteiger partial charge in [-0.2, -0.15) is 0 Å². The van der Waals surface area contributed by atoms with E-state index in [2.05, 4.69) is 39.8 Å². The number of aliphatic hydroxyl groups is 10. The predicted octanol–water partition coefficient (Wildman–Crippen LogP) is 10.2. The van der Waals surface area contributed by atoms with Gasteiger partial charge in [0.1, 0.15) is 98.7 Å². The SMILES string of the molecule is CCCCCCCCC/C=C\CCCCCC(=O)OCC(COP(=O)(O)OC1C(OC2OC(CO)C(O)C(O)C2O)C(O)C(O)C(O)C1OC1OC(COC(=O)CCCCCCCCC(C)CCCCCCCC)C(O)C(O)C1O)OC(=O)CCCCCCCCCCCCCC. The first-order valence-corrected chi connectivity index (χ1v) is 39.4. The number of rotatable bonds is 58. The molecule has 19 unspecified atom stereocenters. The number of ether oxygens (including phenoxy) is 7. The van der Waals surface area contributed by atoms with Crippen molar-refractivity contribution < 1.29 is 117 Å². The molecule has 3 fully saturated rings. The molecule has 0 aromatic heterocycles. The fourth-order valence-corrected chi connectivity index (χ4v) is 13.6. The van der Waals surface area contributed by atoms with E-state index in [1.165, 1.54) is 128 Å². The Balaban J connectivity index is 1.74. The molecule has 0 radical (unpaired) electrons. The van der Waals surface area contributed by atoms with Crippen molar-refractivity contribution in [1.29, 1.82) is 0 Å². The second-order valence-electron chi connectivity index (χ2n) is 27.6. The number of hydrogen-bond acceptors (Lipinski definition) is 23. The van der Waals surface area contributed by atoms with E-state index in [9.17, 15) is 74.9 Å². The minimum absolute atomic E-state index is 0.0274. The monoisotopic (exact) mass is 1410 g/mol. The lowest BCUT2D eigenvalue weighted by molar-refractivity contribution is -0.360. The average molecular weight is 1410 g/mol. The molecular formula is C72H133O24P. The van der Waals surface area contributed by atoms with Crippen molar-refractivity contribution in [2.24, 2.45) is 5.92 Å². The van der Waals surface area contributed by atoms with Gasteiger partial charge in [-0.3, -0.25) is 23.4 Å². The van der Waals surface area contributed by atoms with Crippen molar-refractivity contribution in [3.8, 4) is 0 Å². The maximum Gasteiger partial charge on any atom is 0.472 e. The van der Waals surface area contributed by atoms with Gasteiger partial charge in [-0.25, -0.2) is 4.57 Å². The topological polar surface area (TPSA) is 374 Å². The summed E-state index contributed by atoms with van der Waals surface area (Å²) in [5.74, 6) is -1.31. The van der Waals surface area contributed by atoms with Gasteiger partial charge in [-0.15, -0.1) is 0 Å². The molecule has 0 aromatic rings. The number of hydrogen-bond donors (Lipinski definition) is 11. The Labute approximate surface area is 580 Å². The second kappa shape index (κ2) is 53.5. The highest BCUT2D eigenvalue weighted by Crippen LogP contribution is 2.49. The van der Waals surface area contributed by atoms with Crippen LogP contribution in [0.1, 0.15) is 291 Å². The first-order chi connectivity index (χ1) is 46.7. The summed E-state index contributed by atoms with van der Waals surface area (Å²) in [5.41, 5.74) is 0. The van der Waals surface area contributed by atoms with Gasteiger partial charge in [0.15, 0.2) is 18.7 Å². The minimum atomic E-state index is -5.70. The maximum absolute atomic E-state index is 14.3. The minimum Gasteiger partial charge on any atom is -0.463 e. The molecule has 2 aliphatic heterocycles. The summed E-state index contributed by atoms with van der Waals surface area (Å²) in [6.45, 7) is 5.74. The van der Waals surface area contributed by atoms with Crippen LogP contribution in [0.4, 0.5) is 0 Å². The number of unbranched alkanes of at least 4 members (excludes halogenated alkanes) is 31. The molecule has 97 heavy (non-hydrogen) atoms. The van der Waals surface area contributed by atoms with Crippen molar-refractivity contribution in [2.45, 2.75) is 395 Å². The normalized spacial score (nSPS) is 28.2. The lowest BCUT2D eigenvalue weighted by Gasteiger charge is -2.49. The quantitative estimate of drug-likeness (QED) is 0.00886. The van der Waals surface area contributed by atoms with E-state index >= 15 is 0 Å². The van der Waals surface area contributed by atoms with Crippen LogP contribution in [-0.2, 0) is 61.2 Å². The summed E-state index contributed by atoms with van der Waals surface area (Å²) in [6, 6.07) is 0. The summed E-state index contributed by atoms with van der Waals surface area (Å²) in [5, 5.41) is 110. The number of carbonyl (C=O) groups is 3. The molecule has 0 spiro atoms.